The summed E-state index contributed by atoms with van der Waals surface area (Å²) in [5.74, 6) is 0.310. The zero-order chi connectivity index (χ0) is 17.2. The van der Waals surface area contributed by atoms with Crippen molar-refractivity contribution in [2.24, 2.45) is 5.92 Å². The molecule has 1 aromatic rings. The van der Waals surface area contributed by atoms with Crippen molar-refractivity contribution in [2.45, 2.75) is 57.7 Å². The van der Waals surface area contributed by atoms with Crippen LogP contribution < -0.4 is 5.32 Å². The monoisotopic (exact) mass is 334 g/mol. The second-order valence-electron chi connectivity index (χ2n) is 6.92. The molecule has 1 spiro atoms. The Morgan fingerprint density at radius 2 is 2.29 bits per heavy atom. The lowest BCUT2D eigenvalue weighted by Gasteiger charge is -2.43. The first-order valence-electron chi connectivity index (χ1n) is 8.86. The summed E-state index contributed by atoms with van der Waals surface area (Å²) in [6, 6.07) is 2.73. The second kappa shape index (κ2) is 6.97. The SMILES string of the molecule is CCCNC(=O)[C@@H]1CO[C@@]2(CCC[C@H](C)C2)N1C(=O)c1ccco1. The Morgan fingerprint density at radius 1 is 1.46 bits per heavy atom. The molecule has 3 atom stereocenters. The Morgan fingerprint density at radius 3 is 2.96 bits per heavy atom. The van der Waals surface area contributed by atoms with Gasteiger partial charge in [-0.2, -0.15) is 0 Å². The van der Waals surface area contributed by atoms with E-state index in [0.29, 0.717) is 12.5 Å². The Hall–Kier alpha value is -1.82. The van der Waals surface area contributed by atoms with Crippen LogP contribution in [-0.4, -0.2) is 41.6 Å². The Kier molecular flexibility index (Phi) is 4.94. The highest BCUT2D eigenvalue weighted by Crippen LogP contribution is 2.43. The zero-order valence-corrected chi connectivity index (χ0v) is 14.4. The smallest absolute Gasteiger partial charge is 0.292 e. The molecule has 2 amide bonds. The molecule has 1 N–H and O–H groups in total. The van der Waals surface area contributed by atoms with Crippen molar-refractivity contribution in [1.29, 1.82) is 0 Å². The second-order valence-corrected chi connectivity index (χ2v) is 6.92. The van der Waals surface area contributed by atoms with Crippen molar-refractivity contribution in [3.8, 4) is 0 Å². The van der Waals surface area contributed by atoms with E-state index in [0.717, 1.165) is 32.1 Å². The molecule has 3 rings (SSSR count). The van der Waals surface area contributed by atoms with Gasteiger partial charge in [-0.05, 0) is 43.7 Å². The van der Waals surface area contributed by atoms with Gasteiger partial charge in [-0.15, -0.1) is 0 Å². The number of nitrogens with zero attached hydrogens (tertiary/aromatic N) is 1. The number of furan rings is 1. The van der Waals surface area contributed by atoms with Crippen LogP contribution in [0.5, 0.6) is 0 Å². The normalized spacial score (nSPS) is 29.8. The highest BCUT2D eigenvalue weighted by atomic mass is 16.5. The predicted molar refractivity (Wildman–Crippen MR) is 88.3 cm³/mol. The van der Waals surface area contributed by atoms with Gasteiger partial charge in [0.2, 0.25) is 5.91 Å². The van der Waals surface area contributed by atoms with Crippen molar-refractivity contribution in [2.75, 3.05) is 13.2 Å². The summed E-state index contributed by atoms with van der Waals surface area (Å²) in [7, 11) is 0. The van der Waals surface area contributed by atoms with Gasteiger partial charge in [0.1, 0.15) is 11.8 Å². The summed E-state index contributed by atoms with van der Waals surface area (Å²) >= 11 is 0. The number of nitrogens with one attached hydrogen (secondary N) is 1. The molecule has 0 bridgehead atoms. The molecule has 1 aliphatic heterocycles. The average Bonchev–Trinajstić information content (AvgIpc) is 3.20. The van der Waals surface area contributed by atoms with Gasteiger partial charge in [0, 0.05) is 6.54 Å². The van der Waals surface area contributed by atoms with E-state index in [1.165, 1.54) is 6.26 Å². The van der Waals surface area contributed by atoms with E-state index < -0.39 is 11.8 Å². The van der Waals surface area contributed by atoms with Gasteiger partial charge in [-0.1, -0.05) is 20.3 Å². The van der Waals surface area contributed by atoms with E-state index in [9.17, 15) is 9.59 Å². The summed E-state index contributed by atoms with van der Waals surface area (Å²) in [4.78, 5) is 27.3. The van der Waals surface area contributed by atoms with E-state index in [2.05, 4.69) is 12.2 Å². The van der Waals surface area contributed by atoms with Crippen LogP contribution in [0.1, 0.15) is 56.5 Å². The minimum absolute atomic E-state index is 0.146. The maximum absolute atomic E-state index is 13.0. The Bertz CT molecular complexity index is 586. The molecule has 6 heteroatoms. The third-order valence-electron chi connectivity index (χ3n) is 4.99. The quantitative estimate of drug-likeness (QED) is 0.918. The Balaban J connectivity index is 1.89. The third-order valence-corrected chi connectivity index (χ3v) is 4.99. The largest absolute Gasteiger partial charge is 0.459 e. The van der Waals surface area contributed by atoms with Crippen molar-refractivity contribution < 1.29 is 18.7 Å². The van der Waals surface area contributed by atoms with Crippen molar-refractivity contribution in [3.63, 3.8) is 0 Å². The molecule has 24 heavy (non-hydrogen) atoms. The molecule has 1 saturated carbocycles. The van der Waals surface area contributed by atoms with E-state index >= 15 is 0 Å². The molecule has 1 aliphatic carbocycles. The van der Waals surface area contributed by atoms with Crippen molar-refractivity contribution in [1.82, 2.24) is 10.2 Å². The van der Waals surface area contributed by atoms with Crippen LogP contribution in [0.25, 0.3) is 0 Å². The molecular formula is C18H26N2O4. The van der Waals surface area contributed by atoms with Crippen molar-refractivity contribution in [3.05, 3.63) is 24.2 Å². The number of hydrogen-bond donors (Lipinski definition) is 1. The zero-order valence-electron chi connectivity index (χ0n) is 14.4. The molecule has 6 nitrogen and oxygen atoms in total. The summed E-state index contributed by atoms with van der Waals surface area (Å²) in [5, 5.41) is 2.89. The first kappa shape index (κ1) is 17.0. The average molecular weight is 334 g/mol. The van der Waals surface area contributed by atoms with Crippen LogP contribution in [0.2, 0.25) is 0 Å². The topological polar surface area (TPSA) is 71.8 Å². The fourth-order valence-electron chi connectivity index (χ4n) is 3.89. The van der Waals surface area contributed by atoms with Crippen LogP contribution in [-0.2, 0) is 9.53 Å². The predicted octanol–water partition coefficient (Wildman–Crippen LogP) is 2.55. The molecule has 132 valence electrons. The highest BCUT2D eigenvalue weighted by Gasteiger charge is 2.54. The molecule has 1 aromatic heterocycles. The first-order chi connectivity index (χ1) is 11.6. The maximum Gasteiger partial charge on any atom is 0.292 e. The number of ether oxygens (including phenoxy) is 1. The fourth-order valence-corrected chi connectivity index (χ4v) is 3.89. The van der Waals surface area contributed by atoms with E-state index in [1.807, 2.05) is 6.92 Å². The van der Waals surface area contributed by atoms with Crippen LogP contribution in [0, 0.1) is 5.92 Å². The molecule has 1 saturated heterocycles. The number of amides is 2. The lowest BCUT2D eigenvalue weighted by molar-refractivity contribution is -0.128. The number of rotatable bonds is 4. The van der Waals surface area contributed by atoms with Crippen LogP contribution in [0.4, 0.5) is 0 Å². The standard InChI is InChI=1S/C18H26N2O4/c1-3-9-19-16(21)14-12-24-18(8-4-6-13(2)11-18)20(14)17(22)15-7-5-10-23-15/h5,7,10,13-14H,3-4,6,8-9,11-12H2,1-2H3,(H,19,21)/t13-,14-,18+/m0/s1. The Labute approximate surface area is 142 Å². The molecule has 2 heterocycles. The van der Waals surface area contributed by atoms with Gasteiger partial charge in [-0.3, -0.25) is 14.5 Å². The van der Waals surface area contributed by atoms with Crippen LogP contribution in [0.15, 0.2) is 22.8 Å². The third kappa shape index (κ3) is 3.07. The van der Waals surface area contributed by atoms with Gasteiger partial charge in [0.15, 0.2) is 5.76 Å². The number of carbonyl (C=O) groups excluding carboxylic acids is 2. The number of hydrogen-bond acceptors (Lipinski definition) is 4. The van der Waals surface area contributed by atoms with Gasteiger partial charge in [-0.25, -0.2) is 0 Å². The fraction of sp³-hybridized carbons (Fsp3) is 0.667. The molecular weight excluding hydrogens is 308 g/mol. The van der Waals surface area contributed by atoms with E-state index in [-0.39, 0.29) is 24.2 Å². The minimum atomic E-state index is -0.685. The van der Waals surface area contributed by atoms with Crippen molar-refractivity contribution >= 4 is 11.8 Å². The van der Waals surface area contributed by atoms with Gasteiger partial charge >= 0.3 is 0 Å². The molecule has 0 unspecified atom stereocenters. The number of carbonyl (C=O) groups is 2. The van der Waals surface area contributed by atoms with Crippen LogP contribution >= 0.6 is 0 Å². The van der Waals surface area contributed by atoms with Gasteiger partial charge in [0.25, 0.3) is 5.91 Å². The maximum atomic E-state index is 13.0. The van der Waals surface area contributed by atoms with E-state index in [4.69, 9.17) is 9.15 Å². The molecule has 2 fully saturated rings. The molecule has 0 radical (unpaired) electrons. The molecule has 0 aromatic carbocycles. The van der Waals surface area contributed by atoms with Crippen LogP contribution in [0.3, 0.4) is 0 Å². The first-order valence-corrected chi connectivity index (χ1v) is 8.86. The molecule has 2 aliphatic rings. The summed E-state index contributed by atoms with van der Waals surface area (Å²) in [6.45, 7) is 5.02. The van der Waals surface area contributed by atoms with Gasteiger partial charge < -0.3 is 14.5 Å². The summed E-state index contributed by atoms with van der Waals surface area (Å²) in [6.07, 6.45) is 5.98. The lowest BCUT2D eigenvalue weighted by Crippen LogP contribution is -2.57. The summed E-state index contributed by atoms with van der Waals surface area (Å²) in [5.41, 5.74) is -0.685. The summed E-state index contributed by atoms with van der Waals surface area (Å²) < 4.78 is 11.4. The van der Waals surface area contributed by atoms with E-state index in [1.54, 1.807) is 17.0 Å². The lowest BCUT2D eigenvalue weighted by atomic mass is 9.83. The van der Waals surface area contributed by atoms with Gasteiger partial charge in [0.05, 0.1) is 12.9 Å². The highest BCUT2D eigenvalue weighted by molar-refractivity contribution is 5.96. The minimum Gasteiger partial charge on any atom is -0.459 e.